The average Bonchev–Trinajstić information content (AvgIpc) is 2.75. The van der Waals surface area contributed by atoms with Crippen molar-refractivity contribution in [2.75, 3.05) is 5.73 Å². The fourth-order valence-electron chi connectivity index (χ4n) is 2.08. The van der Waals surface area contributed by atoms with Gasteiger partial charge in [0.1, 0.15) is 4.88 Å². The summed E-state index contributed by atoms with van der Waals surface area (Å²) in [5.41, 5.74) is 6.59. The zero-order valence-electron chi connectivity index (χ0n) is 10.9. The van der Waals surface area contributed by atoms with Crippen LogP contribution in [-0.2, 0) is 6.42 Å². The number of nitro benzene ring substituents is 1. The number of hydrogen-bond acceptors (Lipinski definition) is 5. The number of thiophene rings is 1. The highest BCUT2D eigenvalue weighted by Gasteiger charge is 2.27. The van der Waals surface area contributed by atoms with E-state index in [1.54, 1.807) is 6.92 Å². The molecular weight excluding hydrogens is 316 g/mol. The normalized spacial score (nSPS) is 10.6. The van der Waals surface area contributed by atoms with E-state index in [0.29, 0.717) is 16.9 Å². The molecule has 0 aliphatic rings. The van der Waals surface area contributed by atoms with E-state index < -0.39 is 10.9 Å². The summed E-state index contributed by atoms with van der Waals surface area (Å²) in [6.45, 7) is 1.80. The SMILES string of the molecule is CCc1c(-c2c(Cl)cccc2[N+](=O)[O-])sc(C(=O)O)c1N. The number of nitrogens with zero attached hydrogens (tertiary/aromatic N) is 1. The van der Waals surface area contributed by atoms with Crippen LogP contribution in [0.4, 0.5) is 11.4 Å². The topological polar surface area (TPSA) is 106 Å². The molecule has 1 heterocycles. The number of halogens is 1. The zero-order chi connectivity index (χ0) is 15.7. The standard InChI is InChI=1S/C13H11ClN2O4S/c1-2-6-10(15)12(13(17)18)21-11(6)9-7(14)4-3-5-8(9)16(19)20/h3-5H,2,15H2,1H3,(H,17,18). The molecule has 110 valence electrons. The zero-order valence-corrected chi connectivity index (χ0v) is 12.5. The molecule has 0 radical (unpaired) electrons. The van der Waals surface area contributed by atoms with Crippen molar-refractivity contribution >= 4 is 40.3 Å². The van der Waals surface area contributed by atoms with E-state index in [4.69, 9.17) is 22.4 Å². The lowest BCUT2D eigenvalue weighted by atomic mass is 10.0. The molecule has 6 nitrogen and oxygen atoms in total. The van der Waals surface area contributed by atoms with Crippen LogP contribution in [0.1, 0.15) is 22.2 Å². The van der Waals surface area contributed by atoms with Gasteiger partial charge in [-0.3, -0.25) is 10.1 Å². The van der Waals surface area contributed by atoms with Crippen molar-refractivity contribution in [3.05, 3.63) is 43.8 Å². The molecule has 0 unspecified atom stereocenters. The summed E-state index contributed by atoms with van der Waals surface area (Å²) in [5.74, 6) is -1.16. The minimum Gasteiger partial charge on any atom is -0.477 e. The maximum absolute atomic E-state index is 11.2. The lowest BCUT2D eigenvalue weighted by Crippen LogP contribution is -1.99. The second kappa shape index (κ2) is 5.71. The number of aromatic carboxylic acids is 1. The molecule has 0 saturated carbocycles. The Balaban J connectivity index is 2.82. The van der Waals surface area contributed by atoms with E-state index >= 15 is 0 Å². The highest BCUT2D eigenvalue weighted by molar-refractivity contribution is 7.18. The van der Waals surface area contributed by atoms with Gasteiger partial charge in [0.2, 0.25) is 0 Å². The number of nitrogen functional groups attached to an aromatic ring is 1. The summed E-state index contributed by atoms with van der Waals surface area (Å²) < 4.78 is 0. The first-order chi connectivity index (χ1) is 9.88. The fraction of sp³-hybridized carbons (Fsp3) is 0.154. The first-order valence-corrected chi connectivity index (χ1v) is 7.15. The number of carboxylic acid groups (broad SMARTS) is 1. The highest BCUT2D eigenvalue weighted by Crippen LogP contribution is 2.45. The first-order valence-electron chi connectivity index (χ1n) is 5.96. The van der Waals surface area contributed by atoms with Crippen molar-refractivity contribution in [2.24, 2.45) is 0 Å². The van der Waals surface area contributed by atoms with Gasteiger partial charge in [0.15, 0.2) is 0 Å². The van der Waals surface area contributed by atoms with Crippen LogP contribution in [0.2, 0.25) is 5.02 Å². The number of benzene rings is 1. The molecular formula is C13H11ClN2O4S. The van der Waals surface area contributed by atoms with Crippen molar-refractivity contribution in [3.8, 4) is 10.4 Å². The van der Waals surface area contributed by atoms with E-state index in [-0.39, 0.29) is 26.8 Å². The number of carbonyl (C=O) groups is 1. The number of nitro groups is 1. The van der Waals surface area contributed by atoms with Crippen LogP contribution in [0.25, 0.3) is 10.4 Å². The highest BCUT2D eigenvalue weighted by atomic mass is 35.5. The smallest absolute Gasteiger partial charge is 0.348 e. The molecule has 0 atom stereocenters. The van der Waals surface area contributed by atoms with Gasteiger partial charge in [-0.05, 0) is 18.1 Å². The molecule has 0 bridgehead atoms. The summed E-state index contributed by atoms with van der Waals surface area (Å²) >= 11 is 7.00. The predicted octanol–water partition coefficient (Wildman–Crippen LogP) is 3.82. The quantitative estimate of drug-likeness (QED) is 0.656. The number of rotatable bonds is 4. The van der Waals surface area contributed by atoms with Crippen LogP contribution < -0.4 is 5.73 Å². The van der Waals surface area contributed by atoms with Gasteiger partial charge >= 0.3 is 5.97 Å². The molecule has 21 heavy (non-hydrogen) atoms. The van der Waals surface area contributed by atoms with Gasteiger partial charge in [0, 0.05) is 10.9 Å². The van der Waals surface area contributed by atoms with Crippen LogP contribution in [0.5, 0.6) is 0 Å². The Bertz CT molecular complexity index is 742. The molecule has 0 fully saturated rings. The second-order valence-electron chi connectivity index (χ2n) is 4.20. The molecule has 2 aromatic rings. The van der Waals surface area contributed by atoms with Gasteiger partial charge in [-0.2, -0.15) is 0 Å². The first kappa shape index (κ1) is 15.3. The van der Waals surface area contributed by atoms with Crippen molar-refractivity contribution in [1.82, 2.24) is 0 Å². The van der Waals surface area contributed by atoms with Gasteiger partial charge in [-0.25, -0.2) is 4.79 Å². The predicted molar refractivity (Wildman–Crippen MR) is 82.2 cm³/mol. The number of nitrogens with two attached hydrogens (primary N) is 1. The maximum Gasteiger partial charge on any atom is 0.348 e. The Morgan fingerprint density at radius 3 is 2.71 bits per heavy atom. The van der Waals surface area contributed by atoms with E-state index in [9.17, 15) is 14.9 Å². The maximum atomic E-state index is 11.2. The molecule has 0 amide bonds. The summed E-state index contributed by atoms with van der Waals surface area (Å²) in [4.78, 5) is 22.2. The molecule has 8 heteroatoms. The van der Waals surface area contributed by atoms with Gasteiger partial charge in [0.05, 0.1) is 21.2 Å². The lowest BCUT2D eigenvalue weighted by Gasteiger charge is -2.06. The molecule has 1 aromatic heterocycles. The van der Waals surface area contributed by atoms with Crippen LogP contribution in [0, 0.1) is 10.1 Å². The largest absolute Gasteiger partial charge is 0.477 e. The summed E-state index contributed by atoms with van der Waals surface area (Å²) in [7, 11) is 0. The van der Waals surface area contributed by atoms with Gasteiger partial charge in [-0.15, -0.1) is 11.3 Å². The summed E-state index contributed by atoms with van der Waals surface area (Å²) in [6, 6.07) is 4.33. The fourth-order valence-corrected chi connectivity index (χ4v) is 3.62. The van der Waals surface area contributed by atoms with Gasteiger partial charge in [0.25, 0.3) is 5.69 Å². The Kier molecular flexibility index (Phi) is 4.15. The number of anilines is 1. The second-order valence-corrected chi connectivity index (χ2v) is 5.63. The Morgan fingerprint density at radius 1 is 1.52 bits per heavy atom. The Labute approximate surface area is 128 Å². The lowest BCUT2D eigenvalue weighted by molar-refractivity contribution is -0.384. The third kappa shape index (κ3) is 2.57. The minimum atomic E-state index is -1.16. The Hall–Kier alpha value is -2.12. The van der Waals surface area contributed by atoms with Crippen LogP contribution in [0.15, 0.2) is 18.2 Å². The van der Waals surface area contributed by atoms with Crippen molar-refractivity contribution in [3.63, 3.8) is 0 Å². The molecule has 0 aliphatic heterocycles. The Morgan fingerprint density at radius 2 is 2.19 bits per heavy atom. The summed E-state index contributed by atoms with van der Waals surface area (Å²) in [5, 5.41) is 20.5. The van der Waals surface area contributed by atoms with Crippen LogP contribution >= 0.6 is 22.9 Å². The van der Waals surface area contributed by atoms with Gasteiger partial charge in [-0.1, -0.05) is 24.6 Å². The number of carboxylic acids is 1. The average molecular weight is 327 g/mol. The van der Waals surface area contributed by atoms with E-state index in [1.165, 1.54) is 18.2 Å². The third-order valence-corrected chi connectivity index (χ3v) is 4.58. The van der Waals surface area contributed by atoms with Crippen molar-refractivity contribution in [1.29, 1.82) is 0 Å². The van der Waals surface area contributed by atoms with Gasteiger partial charge < -0.3 is 10.8 Å². The van der Waals surface area contributed by atoms with E-state index in [2.05, 4.69) is 0 Å². The monoisotopic (exact) mass is 326 g/mol. The summed E-state index contributed by atoms with van der Waals surface area (Å²) in [6.07, 6.45) is 0.452. The molecule has 3 N–H and O–H groups in total. The van der Waals surface area contributed by atoms with Crippen molar-refractivity contribution < 1.29 is 14.8 Å². The molecule has 0 spiro atoms. The number of hydrogen-bond donors (Lipinski definition) is 2. The molecule has 0 saturated heterocycles. The van der Waals surface area contributed by atoms with E-state index in [1.807, 2.05) is 0 Å². The van der Waals surface area contributed by atoms with Crippen LogP contribution in [0.3, 0.4) is 0 Å². The van der Waals surface area contributed by atoms with Crippen LogP contribution in [-0.4, -0.2) is 16.0 Å². The third-order valence-electron chi connectivity index (χ3n) is 3.01. The van der Waals surface area contributed by atoms with Crippen molar-refractivity contribution in [2.45, 2.75) is 13.3 Å². The molecule has 1 aromatic carbocycles. The molecule has 0 aliphatic carbocycles. The minimum absolute atomic E-state index is 0.0314. The molecule has 2 rings (SSSR count). The van der Waals surface area contributed by atoms with E-state index in [0.717, 1.165) is 11.3 Å².